The van der Waals surface area contributed by atoms with E-state index in [0.29, 0.717) is 39.8 Å². The Morgan fingerprint density at radius 1 is 0.941 bits per heavy atom. The van der Waals surface area contributed by atoms with E-state index in [-0.39, 0.29) is 6.54 Å². The lowest BCUT2D eigenvalue weighted by atomic mass is 10.1. The van der Waals surface area contributed by atoms with Crippen molar-refractivity contribution in [3.8, 4) is 11.5 Å². The Labute approximate surface area is 212 Å². The first-order valence-corrected chi connectivity index (χ1v) is 12.1. The highest BCUT2D eigenvalue weighted by atomic mass is 35.5. The predicted molar refractivity (Wildman–Crippen MR) is 138 cm³/mol. The van der Waals surface area contributed by atoms with Crippen molar-refractivity contribution in [2.75, 3.05) is 6.54 Å². The molecule has 8 heteroatoms. The molecule has 1 atom stereocenters. The number of thioether (sulfide) groups is 1. The molecule has 0 aromatic heterocycles. The van der Waals surface area contributed by atoms with Gasteiger partial charge in [0.05, 0.1) is 11.6 Å². The third-order valence-electron chi connectivity index (χ3n) is 4.98. The molecule has 0 radical (unpaired) electrons. The van der Waals surface area contributed by atoms with Crippen LogP contribution in [0.1, 0.15) is 16.7 Å². The molecule has 4 rings (SSSR count). The molecule has 0 fully saturated rings. The van der Waals surface area contributed by atoms with Crippen LogP contribution in [0.25, 0.3) is 6.08 Å². The van der Waals surface area contributed by atoms with Gasteiger partial charge in [-0.1, -0.05) is 77.4 Å². The highest BCUT2D eigenvalue weighted by Gasteiger charge is 2.24. The maximum atomic E-state index is 11.2. The molecule has 5 nitrogen and oxygen atoms in total. The van der Waals surface area contributed by atoms with Crippen LogP contribution in [0.5, 0.6) is 11.5 Å². The minimum atomic E-state index is -0.859. The fraction of sp³-hybridized carbons (Fsp3) is 0.154. The average molecular weight is 514 g/mol. The van der Waals surface area contributed by atoms with Gasteiger partial charge < -0.3 is 14.6 Å². The van der Waals surface area contributed by atoms with Crippen molar-refractivity contribution < 1.29 is 19.4 Å². The molecule has 174 valence electrons. The van der Waals surface area contributed by atoms with Crippen LogP contribution >= 0.6 is 35.0 Å². The first-order valence-electron chi connectivity index (χ1n) is 10.5. The van der Waals surface area contributed by atoms with E-state index in [4.69, 9.17) is 37.8 Å². The Kier molecular flexibility index (Phi) is 8.16. The van der Waals surface area contributed by atoms with Crippen molar-refractivity contribution >= 4 is 52.1 Å². The van der Waals surface area contributed by atoms with Crippen LogP contribution in [-0.2, 0) is 18.0 Å². The second-order valence-corrected chi connectivity index (χ2v) is 9.49. The third-order valence-corrected chi connectivity index (χ3v) is 6.86. The number of aliphatic carboxylic acids is 1. The SMILES string of the molecule is O=C(O)C1CN=C(/C=C/c2cc(OCc3ccccc3Cl)cc(OCc3ccccc3Cl)c2)S1. The number of nitrogens with zero attached hydrogens (tertiary/aromatic N) is 1. The number of halogens is 2. The molecule has 0 saturated heterocycles. The molecule has 1 aliphatic rings. The van der Waals surface area contributed by atoms with E-state index in [9.17, 15) is 4.79 Å². The summed E-state index contributed by atoms with van der Waals surface area (Å²) < 4.78 is 12.0. The third kappa shape index (κ3) is 6.56. The summed E-state index contributed by atoms with van der Waals surface area (Å²) in [6, 6.07) is 20.6. The van der Waals surface area contributed by atoms with Crippen LogP contribution in [0, 0.1) is 0 Å². The zero-order chi connectivity index (χ0) is 23.9. The molecular weight excluding hydrogens is 493 g/mol. The summed E-state index contributed by atoms with van der Waals surface area (Å²) in [4.78, 5) is 15.5. The predicted octanol–water partition coefficient (Wildman–Crippen LogP) is 6.76. The number of rotatable bonds is 9. The molecule has 0 saturated carbocycles. The van der Waals surface area contributed by atoms with Crippen LogP contribution in [0.4, 0.5) is 0 Å². The topological polar surface area (TPSA) is 68.1 Å². The second kappa shape index (κ2) is 11.5. The van der Waals surface area contributed by atoms with Crippen molar-refractivity contribution in [3.05, 3.63) is 99.5 Å². The quantitative estimate of drug-likeness (QED) is 0.342. The molecule has 1 heterocycles. The molecule has 1 N–H and O–H groups in total. The number of carbonyl (C=O) groups is 1. The number of ether oxygens (including phenoxy) is 2. The van der Waals surface area contributed by atoms with E-state index in [1.165, 1.54) is 11.8 Å². The summed E-state index contributed by atoms with van der Waals surface area (Å²) in [5, 5.41) is 10.6. The lowest BCUT2D eigenvalue weighted by Gasteiger charge is -2.13. The Balaban J connectivity index is 1.52. The van der Waals surface area contributed by atoms with Crippen molar-refractivity contribution in [3.63, 3.8) is 0 Å². The zero-order valence-corrected chi connectivity index (χ0v) is 20.3. The maximum Gasteiger partial charge on any atom is 0.318 e. The first kappa shape index (κ1) is 24.2. The van der Waals surface area contributed by atoms with Gasteiger partial charge in [0.2, 0.25) is 0 Å². The van der Waals surface area contributed by atoms with E-state index in [1.54, 1.807) is 6.08 Å². The normalized spacial score (nSPS) is 15.4. The smallest absolute Gasteiger partial charge is 0.318 e. The number of carboxylic acids is 1. The molecular formula is C26H21Cl2NO4S. The van der Waals surface area contributed by atoms with Crippen LogP contribution < -0.4 is 9.47 Å². The largest absolute Gasteiger partial charge is 0.489 e. The summed E-state index contributed by atoms with van der Waals surface area (Å²) in [6.45, 7) is 0.881. The van der Waals surface area contributed by atoms with Gasteiger partial charge in [-0.2, -0.15) is 0 Å². The van der Waals surface area contributed by atoms with Gasteiger partial charge in [-0.3, -0.25) is 9.79 Å². The van der Waals surface area contributed by atoms with E-state index in [1.807, 2.05) is 72.8 Å². The van der Waals surface area contributed by atoms with Gasteiger partial charge in [0.1, 0.15) is 30.0 Å². The molecule has 34 heavy (non-hydrogen) atoms. The number of hydrogen-bond donors (Lipinski definition) is 1. The zero-order valence-electron chi connectivity index (χ0n) is 18.0. The second-order valence-electron chi connectivity index (χ2n) is 7.45. The highest BCUT2D eigenvalue weighted by molar-refractivity contribution is 8.15. The van der Waals surface area contributed by atoms with Gasteiger partial charge in [0, 0.05) is 27.2 Å². The molecule has 0 aliphatic carbocycles. The Hall–Kier alpha value is -2.93. The van der Waals surface area contributed by atoms with Crippen molar-refractivity contribution in [1.82, 2.24) is 0 Å². The van der Waals surface area contributed by atoms with E-state index in [2.05, 4.69) is 4.99 Å². The van der Waals surface area contributed by atoms with E-state index < -0.39 is 11.2 Å². The molecule has 0 bridgehead atoms. The van der Waals surface area contributed by atoms with Crippen LogP contribution in [0.2, 0.25) is 10.0 Å². The van der Waals surface area contributed by atoms with Crippen LogP contribution in [0.3, 0.4) is 0 Å². The summed E-state index contributed by atoms with van der Waals surface area (Å²) in [5.74, 6) is 0.365. The number of aliphatic imine (C=N–C) groups is 1. The van der Waals surface area contributed by atoms with Gasteiger partial charge >= 0.3 is 5.97 Å². The minimum absolute atomic E-state index is 0.271. The minimum Gasteiger partial charge on any atom is -0.489 e. The van der Waals surface area contributed by atoms with Crippen molar-refractivity contribution in [1.29, 1.82) is 0 Å². The van der Waals surface area contributed by atoms with Gasteiger partial charge in [-0.05, 0) is 35.9 Å². The Morgan fingerprint density at radius 2 is 1.50 bits per heavy atom. The van der Waals surface area contributed by atoms with Gasteiger partial charge in [-0.25, -0.2) is 0 Å². The molecule has 3 aromatic carbocycles. The van der Waals surface area contributed by atoms with Crippen LogP contribution in [-0.4, -0.2) is 27.9 Å². The Morgan fingerprint density at radius 3 is 2.00 bits per heavy atom. The fourth-order valence-electron chi connectivity index (χ4n) is 3.19. The monoisotopic (exact) mass is 513 g/mol. The summed E-state index contributed by atoms with van der Waals surface area (Å²) in [7, 11) is 0. The summed E-state index contributed by atoms with van der Waals surface area (Å²) >= 11 is 13.7. The molecule has 1 unspecified atom stereocenters. The summed E-state index contributed by atoms with van der Waals surface area (Å²) in [5.41, 5.74) is 2.58. The number of carboxylic acid groups (broad SMARTS) is 1. The van der Waals surface area contributed by atoms with Gasteiger partial charge in [0.15, 0.2) is 0 Å². The Bertz CT molecular complexity index is 1180. The number of benzene rings is 3. The lowest BCUT2D eigenvalue weighted by Crippen LogP contribution is -2.16. The van der Waals surface area contributed by atoms with Gasteiger partial charge in [-0.15, -0.1) is 0 Å². The van der Waals surface area contributed by atoms with E-state index in [0.717, 1.165) is 16.7 Å². The van der Waals surface area contributed by atoms with Crippen LogP contribution in [0.15, 0.2) is 77.8 Å². The molecule has 0 spiro atoms. The average Bonchev–Trinajstić information content (AvgIpc) is 3.31. The highest BCUT2D eigenvalue weighted by Crippen LogP contribution is 2.28. The van der Waals surface area contributed by atoms with E-state index >= 15 is 0 Å². The standard InChI is InChI=1S/C26H21Cl2NO4S/c27-22-7-3-1-5-18(22)15-32-20-11-17(9-10-25-29-14-24(34-25)26(30)31)12-21(13-20)33-16-19-6-2-4-8-23(19)28/h1-13,24H,14-16H2,(H,30,31)/b10-9+. The molecule has 1 aliphatic heterocycles. The van der Waals surface area contributed by atoms with Gasteiger partial charge in [0.25, 0.3) is 0 Å². The lowest BCUT2D eigenvalue weighted by molar-refractivity contribution is -0.136. The molecule has 3 aromatic rings. The maximum absolute atomic E-state index is 11.2. The van der Waals surface area contributed by atoms with Crippen molar-refractivity contribution in [2.45, 2.75) is 18.5 Å². The fourth-order valence-corrected chi connectivity index (χ4v) is 4.41. The summed E-state index contributed by atoms with van der Waals surface area (Å²) in [6.07, 6.45) is 3.67. The molecule has 0 amide bonds. The van der Waals surface area contributed by atoms with Crippen molar-refractivity contribution in [2.24, 2.45) is 4.99 Å². The first-order chi connectivity index (χ1) is 16.5. The number of hydrogen-bond acceptors (Lipinski definition) is 5.